The van der Waals surface area contributed by atoms with E-state index in [1.165, 1.54) is 11.1 Å². The number of esters is 1. The number of hydrogen-bond acceptors (Lipinski definition) is 4. The SMILES string of the molecule is CCOC(=O)C1CC1CN1CCN(C(c2ccccc2)c2ccccc2)CC1. The van der Waals surface area contributed by atoms with Crippen LogP contribution in [0.5, 0.6) is 0 Å². The van der Waals surface area contributed by atoms with Crippen molar-refractivity contribution in [2.24, 2.45) is 11.8 Å². The second-order valence-electron chi connectivity index (χ2n) is 7.91. The first-order valence-corrected chi connectivity index (χ1v) is 10.5. The third kappa shape index (κ3) is 4.45. The first-order valence-electron chi connectivity index (χ1n) is 10.5. The molecule has 2 aliphatic rings. The molecule has 1 aliphatic heterocycles. The van der Waals surface area contributed by atoms with E-state index in [2.05, 4.69) is 70.5 Å². The van der Waals surface area contributed by atoms with Gasteiger partial charge in [0.2, 0.25) is 0 Å². The van der Waals surface area contributed by atoms with Gasteiger partial charge in [-0.25, -0.2) is 0 Å². The largest absolute Gasteiger partial charge is 0.466 e. The van der Waals surface area contributed by atoms with Crippen LogP contribution in [-0.4, -0.2) is 55.1 Å². The maximum atomic E-state index is 11.9. The van der Waals surface area contributed by atoms with E-state index in [9.17, 15) is 4.79 Å². The van der Waals surface area contributed by atoms with Crippen LogP contribution in [0.3, 0.4) is 0 Å². The number of benzene rings is 2. The number of hydrogen-bond donors (Lipinski definition) is 0. The van der Waals surface area contributed by atoms with E-state index in [0.29, 0.717) is 18.6 Å². The molecular weight excluding hydrogens is 348 g/mol. The van der Waals surface area contributed by atoms with Gasteiger partial charge in [0.25, 0.3) is 0 Å². The molecule has 4 nitrogen and oxygen atoms in total. The lowest BCUT2D eigenvalue weighted by Crippen LogP contribution is -2.48. The van der Waals surface area contributed by atoms with E-state index in [0.717, 1.165) is 39.1 Å². The quantitative estimate of drug-likeness (QED) is 0.690. The molecule has 4 heteroatoms. The van der Waals surface area contributed by atoms with Gasteiger partial charge in [0.15, 0.2) is 0 Å². The maximum absolute atomic E-state index is 11.9. The fourth-order valence-electron chi connectivity index (χ4n) is 4.41. The van der Waals surface area contributed by atoms with Gasteiger partial charge in [0.05, 0.1) is 18.6 Å². The predicted molar refractivity (Wildman–Crippen MR) is 111 cm³/mol. The summed E-state index contributed by atoms with van der Waals surface area (Å²) in [4.78, 5) is 17.0. The lowest BCUT2D eigenvalue weighted by atomic mass is 9.96. The maximum Gasteiger partial charge on any atom is 0.309 e. The van der Waals surface area contributed by atoms with Gasteiger partial charge in [0, 0.05) is 32.7 Å². The Morgan fingerprint density at radius 3 is 2.07 bits per heavy atom. The molecular formula is C24H30N2O2. The Morgan fingerprint density at radius 2 is 1.54 bits per heavy atom. The number of carbonyl (C=O) groups excluding carboxylic acids is 1. The molecule has 2 aromatic rings. The molecule has 2 fully saturated rings. The zero-order chi connectivity index (χ0) is 19.3. The first kappa shape index (κ1) is 19.2. The fraction of sp³-hybridized carbons (Fsp3) is 0.458. The Hall–Kier alpha value is -2.17. The van der Waals surface area contributed by atoms with E-state index in [1.54, 1.807) is 0 Å². The number of rotatable bonds is 7. The third-order valence-electron chi connectivity index (χ3n) is 6.01. The van der Waals surface area contributed by atoms with E-state index in [4.69, 9.17) is 4.74 Å². The molecule has 2 atom stereocenters. The summed E-state index contributed by atoms with van der Waals surface area (Å²) >= 11 is 0. The Kier molecular flexibility index (Phi) is 6.08. The van der Waals surface area contributed by atoms with Gasteiger partial charge in [-0.05, 0) is 30.4 Å². The average molecular weight is 379 g/mol. The molecule has 0 bridgehead atoms. The minimum Gasteiger partial charge on any atom is -0.466 e. The van der Waals surface area contributed by atoms with Crippen molar-refractivity contribution in [3.63, 3.8) is 0 Å². The Labute approximate surface area is 168 Å². The molecule has 0 N–H and O–H groups in total. The van der Waals surface area contributed by atoms with Crippen molar-refractivity contribution in [3.05, 3.63) is 71.8 Å². The van der Waals surface area contributed by atoms with Crippen molar-refractivity contribution in [1.29, 1.82) is 0 Å². The molecule has 28 heavy (non-hydrogen) atoms. The highest BCUT2D eigenvalue weighted by molar-refractivity contribution is 5.75. The topological polar surface area (TPSA) is 32.8 Å². The van der Waals surface area contributed by atoms with Crippen LogP contribution in [0.4, 0.5) is 0 Å². The van der Waals surface area contributed by atoms with Crippen molar-refractivity contribution in [3.8, 4) is 0 Å². The molecule has 1 saturated carbocycles. The number of ether oxygens (including phenoxy) is 1. The predicted octanol–water partition coefficient (Wildman–Crippen LogP) is 3.59. The van der Waals surface area contributed by atoms with Crippen molar-refractivity contribution < 1.29 is 9.53 Å². The second kappa shape index (κ2) is 8.89. The van der Waals surface area contributed by atoms with Gasteiger partial charge in [-0.15, -0.1) is 0 Å². The van der Waals surface area contributed by atoms with E-state index in [-0.39, 0.29) is 11.9 Å². The standard InChI is InChI=1S/C24H30N2O2/c1-2-28-24(27)22-17-21(22)18-25-13-15-26(16-14-25)23(19-9-5-3-6-10-19)20-11-7-4-8-12-20/h3-12,21-23H,2,13-18H2,1H3. The van der Waals surface area contributed by atoms with Gasteiger partial charge in [-0.1, -0.05) is 60.7 Å². The minimum absolute atomic E-state index is 0.000597. The summed E-state index contributed by atoms with van der Waals surface area (Å²) in [5, 5.41) is 0. The van der Waals surface area contributed by atoms with Crippen LogP contribution in [0.1, 0.15) is 30.5 Å². The average Bonchev–Trinajstić information content (AvgIpc) is 3.51. The van der Waals surface area contributed by atoms with E-state index < -0.39 is 0 Å². The molecule has 2 unspecified atom stereocenters. The van der Waals surface area contributed by atoms with Gasteiger partial charge >= 0.3 is 5.97 Å². The van der Waals surface area contributed by atoms with Crippen LogP contribution in [0, 0.1) is 11.8 Å². The first-order chi connectivity index (χ1) is 13.8. The summed E-state index contributed by atoms with van der Waals surface area (Å²) in [6, 6.07) is 21.9. The van der Waals surface area contributed by atoms with Crippen molar-refractivity contribution >= 4 is 5.97 Å². The van der Waals surface area contributed by atoms with Gasteiger partial charge in [0.1, 0.15) is 0 Å². The molecule has 0 amide bonds. The lowest BCUT2D eigenvalue weighted by molar-refractivity contribution is -0.145. The molecule has 1 saturated heterocycles. The fourth-order valence-corrected chi connectivity index (χ4v) is 4.41. The molecule has 148 valence electrons. The summed E-state index contributed by atoms with van der Waals surface area (Å²) in [6.45, 7) is 7.60. The van der Waals surface area contributed by atoms with Crippen LogP contribution in [0.15, 0.2) is 60.7 Å². The molecule has 0 spiro atoms. The molecule has 1 heterocycles. The number of carbonyl (C=O) groups is 1. The van der Waals surface area contributed by atoms with Gasteiger partial charge < -0.3 is 9.64 Å². The summed E-state index contributed by atoms with van der Waals surface area (Å²) in [6.07, 6.45) is 0.996. The van der Waals surface area contributed by atoms with Crippen molar-refractivity contribution in [1.82, 2.24) is 9.80 Å². The summed E-state index contributed by atoms with van der Waals surface area (Å²) in [7, 11) is 0. The highest BCUT2D eigenvalue weighted by Crippen LogP contribution is 2.40. The molecule has 1 aliphatic carbocycles. The summed E-state index contributed by atoms with van der Waals surface area (Å²) in [5.74, 6) is 0.628. The van der Waals surface area contributed by atoms with Crippen molar-refractivity contribution in [2.45, 2.75) is 19.4 Å². The van der Waals surface area contributed by atoms with Crippen molar-refractivity contribution in [2.75, 3.05) is 39.3 Å². The number of piperazine rings is 1. The zero-order valence-corrected chi connectivity index (χ0v) is 16.7. The monoisotopic (exact) mass is 378 g/mol. The van der Waals surface area contributed by atoms with E-state index in [1.807, 2.05) is 6.92 Å². The van der Waals surface area contributed by atoms with Crippen LogP contribution in [-0.2, 0) is 9.53 Å². The van der Waals surface area contributed by atoms with E-state index >= 15 is 0 Å². The molecule has 2 aromatic carbocycles. The summed E-state index contributed by atoms with van der Waals surface area (Å²) in [5.41, 5.74) is 2.71. The second-order valence-corrected chi connectivity index (χ2v) is 7.91. The smallest absolute Gasteiger partial charge is 0.309 e. The highest BCUT2D eigenvalue weighted by atomic mass is 16.5. The number of nitrogens with zero attached hydrogens (tertiary/aromatic N) is 2. The van der Waals surface area contributed by atoms with Crippen LogP contribution in [0.2, 0.25) is 0 Å². The Morgan fingerprint density at radius 1 is 0.964 bits per heavy atom. The highest BCUT2D eigenvalue weighted by Gasteiger charge is 2.45. The Bertz CT molecular complexity index is 717. The molecule has 0 aromatic heterocycles. The zero-order valence-electron chi connectivity index (χ0n) is 16.7. The Balaban J connectivity index is 1.37. The van der Waals surface area contributed by atoms with Gasteiger partial charge in [-0.3, -0.25) is 9.69 Å². The normalized spacial score (nSPS) is 22.9. The molecule has 4 rings (SSSR count). The third-order valence-corrected chi connectivity index (χ3v) is 6.01. The van der Waals surface area contributed by atoms with Crippen LogP contribution >= 0.6 is 0 Å². The van der Waals surface area contributed by atoms with Crippen LogP contribution in [0.25, 0.3) is 0 Å². The van der Waals surface area contributed by atoms with Gasteiger partial charge in [-0.2, -0.15) is 0 Å². The lowest BCUT2D eigenvalue weighted by Gasteiger charge is -2.40. The molecule has 0 radical (unpaired) electrons. The minimum atomic E-state index is -0.000597. The summed E-state index contributed by atoms with van der Waals surface area (Å²) < 4.78 is 5.17. The van der Waals surface area contributed by atoms with Crippen LogP contribution < -0.4 is 0 Å².